The van der Waals surface area contributed by atoms with Crippen molar-refractivity contribution in [2.75, 3.05) is 11.4 Å². The molecule has 2 aromatic carbocycles. The normalized spacial score (nSPS) is 15.0. The van der Waals surface area contributed by atoms with Crippen LogP contribution in [0.25, 0.3) is 0 Å². The first-order valence-electron chi connectivity index (χ1n) is 9.48. The van der Waals surface area contributed by atoms with Crippen LogP contribution in [0.1, 0.15) is 37.3 Å². The molecule has 0 aromatic heterocycles. The van der Waals surface area contributed by atoms with E-state index in [0.29, 0.717) is 25.8 Å². The third kappa shape index (κ3) is 4.73. The topological polar surface area (TPSA) is 49.4 Å². The molecule has 0 radical (unpaired) electrons. The van der Waals surface area contributed by atoms with E-state index in [2.05, 4.69) is 5.32 Å². The Hall–Kier alpha value is -2.69. The molecule has 0 saturated carbocycles. The summed E-state index contributed by atoms with van der Waals surface area (Å²) in [7, 11) is 0. The molecule has 1 heterocycles. The van der Waals surface area contributed by atoms with Gasteiger partial charge < -0.3 is 5.32 Å². The summed E-state index contributed by atoms with van der Waals surface area (Å²) in [5, 5.41) is 2.91. The van der Waals surface area contributed by atoms with Crippen molar-refractivity contribution < 1.29 is 14.0 Å². The summed E-state index contributed by atoms with van der Waals surface area (Å²) in [6, 6.07) is 13.7. The Labute approximate surface area is 159 Å². The monoisotopic (exact) mass is 368 g/mol. The number of anilines is 1. The van der Waals surface area contributed by atoms with Gasteiger partial charge in [-0.05, 0) is 61.9 Å². The molecule has 1 atom stereocenters. The smallest absolute Gasteiger partial charge is 0.242 e. The van der Waals surface area contributed by atoms with Crippen molar-refractivity contribution in [3.05, 3.63) is 65.5 Å². The average molecular weight is 368 g/mol. The van der Waals surface area contributed by atoms with Crippen molar-refractivity contribution in [3.8, 4) is 0 Å². The van der Waals surface area contributed by atoms with E-state index >= 15 is 0 Å². The lowest BCUT2D eigenvalue weighted by Gasteiger charge is -2.28. The predicted octanol–water partition coefficient (Wildman–Crippen LogP) is 3.63. The third-order valence-corrected chi connectivity index (χ3v) is 4.95. The molecule has 0 aliphatic carbocycles. The molecular formula is C22H25FN2O2. The van der Waals surface area contributed by atoms with E-state index in [9.17, 15) is 14.0 Å². The molecule has 1 N–H and O–H groups in total. The van der Waals surface area contributed by atoms with Crippen molar-refractivity contribution in [1.29, 1.82) is 0 Å². The van der Waals surface area contributed by atoms with Crippen molar-refractivity contribution >= 4 is 17.5 Å². The van der Waals surface area contributed by atoms with Gasteiger partial charge in [-0.3, -0.25) is 14.5 Å². The van der Waals surface area contributed by atoms with Crippen LogP contribution in [-0.4, -0.2) is 24.4 Å². The van der Waals surface area contributed by atoms with Crippen LogP contribution in [0.4, 0.5) is 10.1 Å². The Morgan fingerprint density at radius 1 is 1.19 bits per heavy atom. The zero-order valence-corrected chi connectivity index (χ0v) is 15.6. The molecule has 0 spiro atoms. The van der Waals surface area contributed by atoms with Crippen molar-refractivity contribution in [3.63, 3.8) is 0 Å². The number of hydrogen-bond acceptors (Lipinski definition) is 2. The Morgan fingerprint density at radius 3 is 2.81 bits per heavy atom. The molecule has 4 nitrogen and oxygen atoms in total. The zero-order valence-electron chi connectivity index (χ0n) is 15.6. The van der Waals surface area contributed by atoms with Gasteiger partial charge >= 0.3 is 0 Å². The molecule has 0 bridgehead atoms. The van der Waals surface area contributed by atoms with Gasteiger partial charge in [0, 0.05) is 18.7 Å². The van der Waals surface area contributed by atoms with Gasteiger partial charge in [0.15, 0.2) is 0 Å². The number of rotatable bonds is 6. The Kier molecular flexibility index (Phi) is 6.22. The summed E-state index contributed by atoms with van der Waals surface area (Å²) >= 11 is 0. The second kappa shape index (κ2) is 8.80. The predicted molar refractivity (Wildman–Crippen MR) is 104 cm³/mol. The minimum atomic E-state index is -0.564. The number of carbonyl (C=O) groups excluding carboxylic acids is 2. The van der Waals surface area contributed by atoms with Crippen LogP contribution in [0.15, 0.2) is 48.5 Å². The Morgan fingerprint density at radius 2 is 2.00 bits per heavy atom. The summed E-state index contributed by atoms with van der Waals surface area (Å²) < 4.78 is 13.2. The van der Waals surface area contributed by atoms with Crippen LogP contribution >= 0.6 is 0 Å². The van der Waals surface area contributed by atoms with E-state index in [0.717, 1.165) is 29.7 Å². The first-order chi connectivity index (χ1) is 13.1. The van der Waals surface area contributed by atoms with E-state index in [4.69, 9.17) is 0 Å². The molecule has 2 aromatic rings. The molecule has 1 aliphatic heterocycles. The number of fused-ring (bicyclic) bond motifs is 1. The molecule has 142 valence electrons. The van der Waals surface area contributed by atoms with Gasteiger partial charge in [-0.15, -0.1) is 0 Å². The number of nitrogens with one attached hydrogen (secondary N) is 1. The molecule has 5 heteroatoms. The number of nitrogens with zero attached hydrogens (tertiary/aromatic N) is 1. The first-order valence-corrected chi connectivity index (χ1v) is 9.48. The lowest BCUT2D eigenvalue weighted by molar-refractivity contribution is -0.126. The van der Waals surface area contributed by atoms with Gasteiger partial charge in [0.05, 0.1) is 0 Å². The fourth-order valence-electron chi connectivity index (χ4n) is 3.53. The lowest BCUT2D eigenvalue weighted by atomic mass is 10.1. The molecule has 27 heavy (non-hydrogen) atoms. The minimum absolute atomic E-state index is 0.0117. The summed E-state index contributed by atoms with van der Waals surface area (Å²) in [5.74, 6) is -0.426. The standard InChI is InChI=1S/C22H25FN2O2/c1-16(22(27)24-14-6-8-17-7-4-11-19(23)15-17)25-20-12-3-2-9-18(20)10-5-13-21(25)26/h2-4,7,9,11-12,15-16H,5-6,8,10,13-14H2,1H3,(H,24,27)/t16-/m1/s1. The van der Waals surface area contributed by atoms with Crippen LogP contribution in [0.2, 0.25) is 0 Å². The molecule has 0 unspecified atom stereocenters. The molecular weight excluding hydrogens is 343 g/mol. The Bertz CT molecular complexity index is 821. The number of halogens is 1. The lowest BCUT2D eigenvalue weighted by Crippen LogP contribution is -2.48. The highest BCUT2D eigenvalue weighted by Gasteiger charge is 2.30. The zero-order chi connectivity index (χ0) is 19.2. The molecule has 0 fully saturated rings. The SMILES string of the molecule is C[C@H](C(=O)NCCCc1cccc(F)c1)N1C(=O)CCCc2ccccc21. The fourth-order valence-corrected chi connectivity index (χ4v) is 3.53. The van der Waals surface area contributed by atoms with Crippen LogP contribution in [0.5, 0.6) is 0 Å². The summed E-state index contributed by atoms with van der Waals surface area (Å²) in [6.45, 7) is 2.26. The molecule has 1 aliphatic rings. The Balaban J connectivity index is 1.58. The van der Waals surface area contributed by atoms with Crippen molar-refractivity contribution in [1.82, 2.24) is 5.32 Å². The molecule has 2 amide bonds. The fraction of sp³-hybridized carbons (Fsp3) is 0.364. The maximum atomic E-state index is 13.2. The molecule has 0 saturated heterocycles. The second-order valence-corrected chi connectivity index (χ2v) is 6.95. The van der Waals surface area contributed by atoms with E-state index in [1.165, 1.54) is 12.1 Å². The maximum Gasteiger partial charge on any atom is 0.242 e. The average Bonchev–Trinajstić information content (AvgIpc) is 2.82. The van der Waals surface area contributed by atoms with E-state index < -0.39 is 6.04 Å². The molecule has 3 rings (SSSR count). The first kappa shape index (κ1) is 19.1. The highest BCUT2D eigenvalue weighted by molar-refractivity contribution is 6.01. The van der Waals surface area contributed by atoms with Gasteiger partial charge in [-0.25, -0.2) is 4.39 Å². The van der Waals surface area contributed by atoms with E-state index in [-0.39, 0.29) is 17.6 Å². The largest absolute Gasteiger partial charge is 0.354 e. The van der Waals surface area contributed by atoms with Crippen LogP contribution in [0, 0.1) is 5.82 Å². The number of aryl methyl sites for hydroxylation is 2. The quantitative estimate of drug-likeness (QED) is 0.792. The maximum absolute atomic E-state index is 13.2. The van der Waals surface area contributed by atoms with E-state index in [1.54, 1.807) is 17.9 Å². The van der Waals surface area contributed by atoms with Crippen molar-refractivity contribution in [2.45, 2.75) is 45.1 Å². The summed E-state index contributed by atoms with van der Waals surface area (Å²) in [5.41, 5.74) is 2.85. The van der Waals surface area contributed by atoms with Gasteiger partial charge in [-0.2, -0.15) is 0 Å². The number of amides is 2. The minimum Gasteiger partial charge on any atom is -0.354 e. The van der Waals surface area contributed by atoms with Gasteiger partial charge in [0.2, 0.25) is 11.8 Å². The van der Waals surface area contributed by atoms with Crippen LogP contribution in [-0.2, 0) is 22.4 Å². The summed E-state index contributed by atoms with van der Waals surface area (Å²) in [6.07, 6.45) is 3.50. The number of carbonyl (C=O) groups is 2. The van der Waals surface area contributed by atoms with Gasteiger partial charge in [0.25, 0.3) is 0 Å². The highest BCUT2D eigenvalue weighted by atomic mass is 19.1. The number of hydrogen-bond donors (Lipinski definition) is 1. The number of para-hydroxylation sites is 1. The van der Waals surface area contributed by atoms with Crippen LogP contribution in [0.3, 0.4) is 0 Å². The summed E-state index contributed by atoms with van der Waals surface area (Å²) in [4.78, 5) is 26.8. The van der Waals surface area contributed by atoms with Gasteiger partial charge in [-0.1, -0.05) is 30.3 Å². The van der Waals surface area contributed by atoms with Crippen molar-refractivity contribution in [2.24, 2.45) is 0 Å². The second-order valence-electron chi connectivity index (χ2n) is 6.95. The van der Waals surface area contributed by atoms with Crippen LogP contribution < -0.4 is 10.2 Å². The highest BCUT2D eigenvalue weighted by Crippen LogP contribution is 2.28. The van der Waals surface area contributed by atoms with E-state index in [1.807, 2.05) is 30.3 Å². The third-order valence-electron chi connectivity index (χ3n) is 4.95. The number of benzene rings is 2. The van der Waals surface area contributed by atoms with Gasteiger partial charge in [0.1, 0.15) is 11.9 Å².